The van der Waals surface area contributed by atoms with Crippen LogP contribution in [0.1, 0.15) is 41.9 Å². The van der Waals surface area contributed by atoms with Gasteiger partial charge in [-0.15, -0.1) is 0 Å². The molecule has 1 aromatic carbocycles. The SMILES string of the molecule is [2H]C([2H])(Oc1c(F)cc(F)cc1CC(C)(C)C)C1CC1. The summed E-state index contributed by atoms with van der Waals surface area (Å²) in [5.41, 5.74) is 0.199. The highest BCUT2D eigenvalue weighted by Gasteiger charge is 2.24. The third-order valence-corrected chi connectivity index (χ3v) is 2.71. The van der Waals surface area contributed by atoms with Gasteiger partial charge in [0, 0.05) is 11.6 Å². The van der Waals surface area contributed by atoms with Crippen molar-refractivity contribution < 1.29 is 16.3 Å². The topological polar surface area (TPSA) is 9.23 Å². The van der Waals surface area contributed by atoms with E-state index in [0.717, 1.165) is 18.9 Å². The zero-order chi connectivity index (χ0) is 15.1. The van der Waals surface area contributed by atoms with E-state index in [9.17, 15) is 8.78 Å². The molecule has 18 heavy (non-hydrogen) atoms. The number of ether oxygens (including phenoxy) is 1. The summed E-state index contributed by atoms with van der Waals surface area (Å²) in [5.74, 6) is -1.86. The number of benzene rings is 1. The Morgan fingerprint density at radius 1 is 1.33 bits per heavy atom. The Balaban J connectivity index is 2.34. The first-order chi connectivity index (χ1) is 9.08. The van der Waals surface area contributed by atoms with Gasteiger partial charge in [0.1, 0.15) is 5.82 Å². The van der Waals surface area contributed by atoms with Crippen molar-refractivity contribution in [1.29, 1.82) is 0 Å². The molecule has 0 radical (unpaired) electrons. The van der Waals surface area contributed by atoms with Crippen molar-refractivity contribution >= 4 is 0 Å². The van der Waals surface area contributed by atoms with Gasteiger partial charge in [-0.05, 0) is 36.7 Å². The van der Waals surface area contributed by atoms with Crippen LogP contribution in [-0.2, 0) is 6.42 Å². The summed E-state index contributed by atoms with van der Waals surface area (Å²) in [7, 11) is 0. The molecule has 0 bridgehead atoms. The van der Waals surface area contributed by atoms with Crippen molar-refractivity contribution in [2.75, 3.05) is 6.56 Å². The van der Waals surface area contributed by atoms with Gasteiger partial charge in [0.05, 0.1) is 9.30 Å². The quantitative estimate of drug-likeness (QED) is 0.778. The van der Waals surface area contributed by atoms with Crippen molar-refractivity contribution in [2.45, 2.75) is 40.0 Å². The van der Waals surface area contributed by atoms with Crippen LogP contribution in [-0.4, -0.2) is 6.56 Å². The lowest BCUT2D eigenvalue weighted by Crippen LogP contribution is -2.12. The molecule has 0 aliphatic heterocycles. The van der Waals surface area contributed by atoms with E-state index >= 15 is 0 Å². The first-order valence-electron chi connectivity index (χ1n) is 7.25. The summed E-state index contributed by atoms with van der Waals surface area (Å²) < 4.78 is 48.3. The molecule has 0 unspecified atom stereocenters. The molecule has 0 atom stereocenters. The maximum Gasteiger partial charge on any atom is 0.168 e. The Morgan fingerprint density at radius 2 is 2.00 bits per heavy atom. The fourth-order valence-corrected chi connectivity index (χ4v) is 1.77. The van der Waals surface area contributed by atoms with Gasteiger partial charge in [-0.2, -0.15) is 0 Å². The van der Waals surface area contributed by atoms with Gasteiger partial charge in [-0.1, -0.05) is 20.8 Å². The van der Waals surface area contributed by atoms with Crippen LogP contribution in [0.3, 0.4) is 0 Å². The Kier molecular flexibility index (Phi) is 2.91. The number of hydrogen-bond donors (Lipinski definition) is 0. The van der Waals surface area contributed by atoms with Crippen LogP contribution in [0, 0.1) is 23.0 Å². The molecule has 1 aliphatic rings. The van der Waals surface area contributed by atoms with Gasteiger partial charge >= 0.3 is 0 Å². The minimum atomic E-state index is -1.90. The summed E-state index contributed by atoms with van der Waals surface area (Å²) in [6.07, 6.45) is 1.90. The summed E-state index contributed by atoms with van der Waals surface area (Å²) in [4.78, 5) is 0. The Morgan fingerprint density at radius 3 is 2.56 bits per heavy atom. The van der Waals surface area contributed by atoms with E-state index < -0.39 is 18.2 Å². The second-order valence-electron chi connectivity index (χ2n) is 6.11. The minimum absolute atomic E-state index is 0.154. The maximum atomic E-state index is 14.0. The molecule has 0 N–H and O–H groups in total. The first kappa shape index (κ1) is 10.8. The lowest BCUT2D eigenvalue weighted by molar-refractivity contribution is 0.276. The summed E-state index contributed by atoms with van der Waals surface area (Å²) in [6, 6.07) is 1.97. The van der Waals surface area contributed by atoms with Gasteiger partial charge < -0.3 is 4.74 Å². The summed E-state index contributed by atoms with van der Waals surface area (Å²) >= 11 is 0. The monoisotopic (exact) mass is 256 g/mol. The highest BCUT2D eigenvalue weighted by molar-refractivity contribution is 5.36. The second kappa shape index (κ2) is 4.87. The van der Waals surface area contributed by atoms with Gasteiger partial charge in [-0.25, -0.2) is 8.78 Å². The third kappa shape index (κ3) is 3.69. The van der Waals surface area contributed by atoms with Gasteiger partial charge in [0.2, 0.25) is 0 Å². The fourth-order valence-electron chi connectivity index (χ4n) is 1.77. The molecule has 1 aromatic rings. The van der Waals surface area contributed by atoms with E-state index in [0.29, 0.717) is 12.0 Å². The van der Waals surface area contributed by atoms with Crippen LogP contribution in [0.25, 0.3) is 0 Å². The van der Waals surface area contributed by atoms with Crippen LogP contribution in [0.4, 0.5) is 8.78 Å². The summed E-state index contributed by atoms with van der Waals surface area (Å²) in [6.45, 7) is 3.96. The van der Waals surface area contributed by atoms with Crippen LogP contribution in [0.2, 0.25) is 0 Å². The van der Waals surface area contributed by atoms with E-state index in [1.54, 1.807) is 0 Å². The molecule has 2 rings (SSSR count). The van der Waals surface area contributed by atoms with Gasteiger partial charge in [-0.3, -0.25) is 0 Å². The average molecular weight is 256 g/mol. The van der Waals surface area contributed by atoms with Gasteiger partial charge in [0.15, 0.2) is 11.6 Å². The summed E-state index contributed by atoms with van der Waals surface area (Å²) in [5, 5.41) is 0. The molecule has 1 saturated carbocycles. The normalized spacial score (nSPS) is 18.3. The van der Waals surface area contributed by atoms with E-state index in [2.05, 4.69) is 0 Å². The zero-order valence-corrected chi connectivity index (χ0v) is 11.0. The maximum absolute atomic E-state index is 14.0. The molecular formula is C15H20F2O. The van der Waals surface area contributed by atoms with E-state index in [-0.39, 0.29) is 17.1 Å². The van der Waals surface area contributed by atoms with Crippen LogP contribution in [0.15, 0.2) is 12.1 Å². The molecule has 0 heterocycles. The van der Waals surface area contributed by atoms with E-state index in [1.165, 1.54) is 6.07 Å². The number of halogens is 2. The van der Waals surface area contributed by atoms with E-state index in [4.69, 9.17) is 7.48 Å². The predicted octanol–water partition coefficient (Wildman–Crippen LogP) is 4.34. The first-order valence-corrected chi connectivity index (χ1v) is 6.25. The lowest BCUT2D eigenvalue weighted by atomic mass is 9.87. The van der Waals surface area contributed by atoms with Crippen LogP contribution < -0.4 is 4.74 Å². The van der Waals surface area contributed by atoms with E-state index in [1.807, 2.05) is 20.8 Å². The molecular weight excluding hydrogens is 234 g/mol. The molecule has 3 heteroatoms. The smallest absolute Gasteiger partial charge is 0.168 e. The lowest BCUT2D eigenvalue weighted by Gasteiger charge is -2.21. The highest BCUT2D eigenvalue weighted by Crippen LogP contribution is 2.34. The average Bonchev–Trinajstić information content (AvgIpc) is 3.04. The van der Waals surface area contributed by atoms with Gasteiger partial charge in [0.25, 0.3) is 0 Å². The molecule has 0 saturated heterocycles. The third-order valence-electron chi connectivity index (χ3n) is 2.71. The van der Waals surface area contributed by atoms with Crippen molar-refractivity contribution in [3.8, 4) is 5.75 Å². The fraction of sp³-hybridized carbons (Fsp3) is 0.600. The molecule has 0 spiro atoms. The standard InChI is InChI=1S/C15H20F2O/c1-15(2,3)8-11-6-12(16)7-13(17)14(11)18-9-10-4-5-10/h6-7,10H,4-5,8-9H2,1-3H3/i9D2. The van der Waals surface area contributed by atoms with Crippen LogP contribution >= 0.6 is 0 Å². The Hall–Kier alpha value is -1.12. The largest absolute Gasteiger partial charge is 0.490 e. The Labute approximate surface area is 110 Å². The molecule has 0 amide bonds. The predicted molar refractivity (Wildman–Crippen MR) is 67.7 cm³/mol. The van der Waals surface area contributed by atoms with Crippen molar-refractivity contribution in [1.82, 2.24) is 0 Å². The van der Waals surface area contributed by atoms with Crippen LogP contribution in [0.5, 0.6) is 5.75 Å². The number of rotatable bonds is 4. The molecule has 0 aromatic heterocycles. The number of hydrogen-bond acceptors (Lipinski definition) is 1. The highest BCUT2D eigenvalue weighted by atomic mass is 19.1. The molecule has 100 valence electrons. The van der Waals surface area contributed by atoms with Crippen molar-refractivity contribution in [2.24, 2.45) is 11.3 Å². The van der Waals surface area contributed by atoms with Crippen molar-refractivity contribution in [3.05, 3.63) is 29.3 Å². The molecule has 1 nitrogen and oxygen atoms in total. The van der Waals surface area contributed by atoms with Crippen molar-refractivity contribution in [3.63, 3.8) is 0 Å². The molecule has 1 fully saturated rings. The minimum Gasteiger partial charge on any atom is -0.490 e. The Bertz CT molecular complexity index is 505. The second-order valence-corrected chi connectivity index (χ2v) is 6.11. The zero-order valence-electron chi connectivity index (χ0n) is 13.0. The molecule has 1 aliphatic carbocycles.